The van der Waals surface area contributed by atoms with Crippen LogP contribution in [0.5, 0.6) is 0 Å². The largest absolute Gasteiger partial charge is 0.303 e. The Balaban J connectivity index is 2.46. The van der Waals surface area contributed by atoms with E-state index in [4.69, 9.17) is 5.26 Å². The highest BCUT2D eigenvalue weighted by Crippen LogP contribution is 2.21. The second-order valence-electron chi connectivity index (χ2n) is 4.68. The lowest BCUT2D eigenvalue weighted by Crippen LogP contribution is -1.99. The van der Waals surface area contributed by atoms with Crippen molar-refractivity contribution in [2.75, 3.05) is 0 Å². The van der Waals surface area contributed by atoms with Crippen molar-refractivity contribution in [1.82, 2.24) is 9.97 Å². The molecule has 0 unspecified atom stereocenters. The lowest BCUT2D eigenvalue weighted by molar-refractivity contribution is -0.107. The monoisotopic (exact) mass is 265 g/mol. The zero-order chi connectivity index (χ0) is 14.5. The van der Waals surface area contributed by atoms with Gasteiger partial charge in [-0.2, -0.15) is 5.26 Å². The molecule has 0 spiro atoms. The normalized spacial score (nSPS) is 10.1. The number of nitriles is 1. The number of aromatic nitrogens is 2. The third-order valence-corrected chi connectivity index (χ3v) is 3.20. The lowest BCUT2D eigenvalue weighted by Gasteiger charge is -2.07. The van der Waals surface area contributed by atoms with Crippen molar-refractivity contribution in [3.05, 3.63) is 46.9 Å². The van der Waals surface area contributed by atoms with Gasteiger partial charge in [-0.1, -0.05) is 12.1 Å². The van der Waals surface area contributed by atoms with Gasteiger partial charge in [-0.25, -0.2) is 9.97 Å². The van der Waals surface area contributed by atoms with Crippen molar-refractivity contribution in [2.24, 2.45) is 0 Å². The summed E-state index contributed by atoms with van der Waals surface area (Å²) in [6.45, 7) is 4.09. The molecule has 0 fully saturated rings. The van der Waals surface area contributed by atoms with Gasteiger partial charge in [0.15, 0.2) is 0 Å². The fourth-order valence-electron chi connectivity index (χ4n) is 1.93. The van der Waals surface area contributed by atoms with Crippen LogP contribution in [0.25, 0.3) is 11.3 Å². The summed E-state index contributed by atoms with van der Waals surface area (Å²) in [6.07, 6.45) is 1.77. The quantitative estimate of drug-likeness (QED) is 0.797. The van der Waals surface area contributed by atoms with Crippen LogP contribution in [-0.2, 0) is 11.2 Å². The van der Waals surface area contributed by atoms with Gasteiger partial charge in [0, 0.05) is 17.7 Å². The number of hydrogen-bond donors (Lipinski definition) is 0. The molecule has 4 heteroatoms. The minimum atomic E-state index is 0.140. The fourth-order valence-corrected chi connectivity index (χ4v) is 1.93. The van der Waals surface area contributed by atoms with Crippen LogP contribution in [0.15, 0.2) is 24.3 Å². The van der Waals surface area contributed by atoms with Crippen molar-refractivity contribution in [3.63, 3.8) is 0 Å². The van der Waals surface area contributed by atoms with E-state index < -0.39 is 0 Å². The fraction of sp³-hybridized carbons (Fsp3) is 0.250. The zero-order valence-electron chi connectivity index (χ0n) is 11.6. The summed E-state index contributed by atoms with van der Waals surface area (Å²) in [5.74, 6) is 0.140. The van der Waals surface area contributed by atoms with E-state index in [1.807, 2.05) is 37.3 Å². The maximum Gasteiger partial charge on any atom is 0.232 e. The summed E-state index contributed by atoms with van der Waals surface area (Å²) in [6, 6.07) is 9.87. The first-order valence-electron chi connectivity index (χ1n) is 6.43. The number of aldehydes is 1. The van der Waals surface area contributed by atoms with E-state index in [0.717, 1.165) is 23.2 Å². The molecule has 0 radical (unpaired) electrons. The Labute approximate surface area is 118 Å². The molecular weight excluding hydrogens is 250 g/mol. The molecule has 0 bridgehead atoms. The molecule has 20 heavy (non-hydrogen) atoms. The average molecular weight is 265 g/mol. The van der Waals surface area contributed by atoms with E-state index >= 15 is 0 Å². The molecule has 1 aromatic carbocycles. The van der Waals surface area contributed by atoms with Crippen LogP contribution in [0.1, 0.15) is 29.1 Å². The van der Waals surface area contributed by atoms with Gasteiger partial charge in [0.1, 0.15) is 12.4 Å². The molecule has 4 nitrogen and oxygen atoms in total. The zero-order valence-corrected chi connectivity index (χ0v) is 11.6. The van der Waals surface area contributed by atoms with Crippen LogP contribution in [0.3, 0.4) is 0 Å². The molecule has 0 amide bonds. The minimum absolute atomic E-state index is 0.140. The van der Waals surface area contributed by atoms with Gasteiger partial charge in [0.2, 0.25) is 5.82 Å². The van der Waals surface area contributed by atoms with Gasteiger partial charge in [0.05, 0.1) is 5.69 Å². The first-order valence-corrected chi connectivity index (χ1v) is 6.43. The average Bonchev–Trinajstić information content (AvgIpc) is 2.47. The highest BCUT2D eigenvalue weighted by Gasteiger charge is 2.07. The van der Waals surface area contributed by atoms with E-state index in [9.17, 15) is 4.79 Å². The molecule has 1 heterocycles. The summed E-state index contributed by atoms with van der Waals surface area (Å²) in [5.41, 5.74) is 4.79. The van der Waals surface area contributed by atoms with Crippen molar-refractivity contribution < 1.29 is 4.79 Å². The predicted octanol–water partition coefficient (Wildman–Crippen LogP) is 2.76. The second-order valence-corrected chi connectivity index (χ2v) is 4.68. The third-order valence-electron chi connectivity index (χ3n) is 3.20. The van der Waals surface area contributed by atoms with Crippen molar-refractivity contribution in [1.29, 1.82) is 5.26 Å². The topological polar surface area (TPSA) is 66.6 Å². The summed E-state index contributed by atoms with van der Waals surface area (Å²) in [4.78, 5) is 18.8. The molecule has 0 saturated heterocycles. The van der Waals surface area contributed by atoms with Gasteiger partial charge in [-0.15, -0.1) is 0 Å². The Kier molecular flexibility index (Phi) is 4.21. The Morgan fingerprint density at radius 3 is 2.65 bits per heavy atom. The number of benzene rings is 1. The maximum atomic E-state index is 10.5. The Morgan fingerprint density at radius 1 is 1.20 bits per heavy atom. The Morgan fingerprint density at radius 2 is 2.00 bits per heavy atom. The molecule has 0 saturated carbocycles. The highest BCUT2D eigenvalue weighted by molar-refractivity contribution is 5.62. The van der Waals surface area contributed by atoms with Crippen LogP contribution in [0.2, 0.25) is 0 Å². The van der Waals surface area contributed by atoms with E-state index in [2.05, 4.69) is 16.9 Å². The molecule has 0 aliphatic carbocycles. The summed E-state index contributed by atoms with van der Waals surface area (Å²) in [7, 11) is 0. The van der Waals surface area contributed by atoms with Crippen LogP contribution in [0.4, 0.5) is 0 Å². The number of aryl methyl sites for hydroxylation is 3. The maximum absolute atomic E-state index is 10.5. The van der Waals surface area contributed by atoms with Crippen LogP contribution < -0.4 is 0 Å². The molecular formula is C16H15N3O. The van der Waals surface area contributed by atoms with Crippen molar-refractivity contribution in [3.8, 4) is 17.3 Å². The van der Waals surface area contributed by atoms with Crippen LogP contribution in [0, 0.1) is 25.2 Å². The second kappa shape index (κ2) is 6.07. The van der Waals surface area contributed by atoms with E-state index in [1.165, 1.54) is 11.1 Å². The highest BCUT2D eigenvalue weighted by atomic mass is 16.1. The predicted molar refractivity (Wildman–Crippen MR) is 76.0 cm³/mol. The molecule has 2 rings (SSSR count). The van der Waals surface area contributed by atoms with Gasteiger partial charge < -0.3 is 4.79 Å². The molecule has 0 atom stereocenters. The van der Waals surface area contributed by atoms with Gasteiger partial charge in [-0.3, -0.25) is 0 Å². The van der Waals surface area contributed by atoms with E-state index in [1.54, 1.807) is 0 Å². The number of hydrogen-bond acceptors (Lipinski definition) is 4. The standard InChI is InChI=1S/C16H15N3O/c1-11-5-6-13(8-12(11)2)15-9-14(4-3-7-20)18-16(10-17)19-15/h5-9H,3-4H2,1-2H3. The number of carbonyl (C=O) groups is 1. The first-order chi connectivity index (χ1) is 9.63. The minimum Gasteiger partial charge on any atom is -0.303 e. The van der Waals surface area contributed by atoms with E-state index in [0.29, 0.717) is 12.8 Å². The van der Waals surface area contributed by atoms with Gasteiger partial charge >= 0.3 is 0 Å². The molecule has 1 aromatic heterocycles. The Hall–Kier alpha value is -2.54. The summed E-state index contributed by atoms with van der Waals surface area (Å²) in [5, 5.41) is 9.01. The SMILES string of the molecule is Cc1ccc(-c2cc(CCC=O)nc(C#N)n2)cc1C. The summed E-state index contributed by atoms with van der Waals surface area (Å²) >= 11 is 0. The lowest BCUT2D eigenvalue weighted by atomic mass is 10.0. The van der Waals surface area contributed by atoms with Crippen LogP contribution >= 0.6 is 0 Å². The molecule has 0 N–H and O–H groups in total. The summed E-state index contributed by atoms with van der Waals surface area (Å²) < 4.78 is 0. The third kappa shape index (κ3) is 3.07. The van der Waals surface area contributed by atoms with Crippen molar-refractivity contribution >= 4 is 6.29 Å². The van der Waals surface area contributed by atoms with Gasteiger partial charge in [0.25, 0.3) is 0 Å². The molecule has 0 aliphatic rings. The van der Waals surface area contributed by atoms with E-state index in [-0.39, 0.29) is 5.82 Å². The van der Waals surface area contributed by atoms with Crippen LogP contribution in [-0.4, -0.2) is 16.3 Å². The number of nitrogens with zero attached hydrogens (tertiary/aromatic N) is 3. The smallest absolute Gasteiger partial charge is 0.232 e. The number of rotatable bonds is 4. The first kappa shape index (κ1) is 13.9. The molecule has 2 aromatic rings. The number of carbonyl (C=O) groups excluding carboxylic acids is 1. The molecule has 100 valence electrons. The molecule has 0 aliphatic heterocycles. The van der Waals surface area contributed by atoms with Gasteiger partial charge in [-0.05, 0) is 43.5 Å². The van der Waals surface area contributed by atoms with Crippen molar-refractivity contribution in [2.45, 2.75) is 26.7 Å². The Bertz CT molecular complexity index is 687.